The minimum absolute atomic E-state index is 0.0459. The maximum Gasteiger partial charge on any atom is 0.227 e. The summed E-state index contributed by atoms with van der Waals surface area (Å²) in [6.45, 7) is 1.96. The molecule has 1 aliphatic carbocycles. The maximum atomic E-state index is 12.2. The molecule has 7 rings (SSSR count). The lowest BCUT2D eigenvalue weighted by molar-refractivity contribution is -0.117. The van der Waals surface area contributed by atoms with Gasteiger partial charge in [-0.2, -0.15) is 5.10 Å². The molecule has 1 saturated carbocycles. The SMILES string of the molecule is Cc1cn(-c2cccc3[nH]c(-c4n[nH]c5cnc(-c6cncc(NC(=O)C7CC7)c6)cc45)nc23)cn1. The van der Waals surface area contributed by atoms with Gasteiger partial charge in [-0.05, 0) is 44.0 Å². The van der Waals surface area contributed by atoms with Crippen LogP contribution in [0, 0.1) is 12.8 Å². The zero-order valence-corrected chi connectivity index (χ0v) is 19.4. The van der Waals surface area contributed by atoms with E-state index in [1.807, 2.05) is 48.0 Å². The van der Waals surface area contributed by atoms with E-state index in [0.29, 0.717) is 17.2 Å². The number of anilines is 1. The Morgan fingerprint density at radius 1 is 1.11 bits per heavy atom. The Labute approximate surface area is 204 Å². The number of para-hydroxylation sites is 1. The summed E-state index contributed by atoms with van der Waals surface area (Å²) in [5.41, 5.74) is 7.31. The molecule has 0 unspecified atom stereocenters. The molecule has 10 heteroatoms. The van der Waals surface area contributed by atoms with Crippen LogP contribution in [0.2, 0.25) is 0 Å². The number of aromatic nitrogens is 8. The number of rotatable bonds is 5. The van der Waals surface area contributed by atoms with Crippen molar-refractivity contribution in [2.24, 2.45) is 5.92 Å². The third-order valence-electron chi connectivity index (χ3n) is 6.40. The van der Waals surface area contributed by atoms with Gasteiger partial charge in [-0.3, -0.25) is 19.9 Å². The summed E-state index contributed by atoms with van der Waals surface area (Å²) in [6, 6.07) is 9.85. The van der Waals surface area contributed by atoms with E-state index in [9.17, 15) is 4.79 Å². The largest absolute Gasteiger partial charge is 0.336 e. The number of hydrogen-bond donors (Lipinski definition) is 3. The Bertz CT molecular complexity index is 1770. The lowest BCUT2D eigenvalue weighted by atomic mass is 10.1. The summed E-state index contributed by atoms with van der Waals surface area (Å²) in [5, 5.41) is 11.4. The molecule has 1 amide bonds. The molecule has 5 aromatic heterocycles. The van der Waals surface area contributed by atoms with E-state index in [4.69, 9.17) is 4.98 Å². The Kier molecular flexibility index (Phi) is 4.47. The molecule has 1 fully saturated rings. The Balaban J connectivity index is 1.28. The van der Waals surface area contributed by atoms with Crippen molar-refractivity contribution in [1.82, 2.24) is 39.7 Å². The third kappa shape index (κ3) is 3.50. The molecule has 1 aliphatic rings. The summed E-state index contributed by atoms with van der Waals surface area (Å²) in [4.78, 5) is 33.7. The number of nitrogens with one attached hydrogen (secondary N) is 3. The molecular formula is C26H21N9O. The van der Waals surface area contributed by atoms with Gasteiger partial charge in [0.25, 0.3) is 0 Å². The molecule has 3 N–H and O–H groups in total. The number of aryl methyl sites for hydroxylation is 1. The first-order valence-electron chi connectivity index (χ1n) is 11.7. The van der Waals surface area contributed by atoms with E-state index in [2.05, 4.69) is 35.5 Å². The smallest absolute Gasteiger partial charge is 0.227 e. The molecule has 10 nitrogen and oxygen atoms in total. The van der Waals surface area contributed by atoms with Crippen molar-refractivity contribution >= 4 is 33.5 Å². The van der Waals surface area contributed by atoms with Gasteiger partial charge in [0, 0.05) is 29.3 Å². The second-order valence-corrected chi connectivity index (χ2v) is 9.09. The normalized spacial score (nSPS) is 13.5. The van der Waals surface area contributed by atoms with Crippen LogP contribution in [0.4, 0.5) is 5.69 Å². The third-order valence-corrected chi connectivity index (χ3v) is 6.40. The molecule has 36 heavy (non-hydrogen) atoms. The van der Waals surface area contributed by atoms with E-state index in [0.717, 1.165) is 57.4 Å². The van der Waals surface area contributed by atoms with E-state index in [1.165, 1.54) is 0 Å². The predicted octanol–water partition coefficient (Wildman–Crippen LogP) is 4.41. The quantitative estimate of drug-likeness (QED) is 0.339. The van der Waals surface area contributed by atoms with Gasteiger partial charge in [0.2, 0.25) is 5.91 Å². The fourth-order valence-corrected chi connectivity index (χ4v) is 4.38. The molecule has 0 bridgehead atoms. The molecule has 0 saturated heterocycles. The molecule has 0 atom stereocenters. The van der Waals surface area contributed by atoms with Gasteiger partial charge in [0.1, 0.15) is 11.2 Å². The maximum absolute atomic E-state index is 12.2. The number of fused-ring (bicyclic) bond motifs is 2. The topological polar surface area (TPSA) is 130 Å². The summed E-state index contributed by atoms with van der Waals surface area (Å²) in [7, 11) is 0. The number of aromatic amines is 2. The van der Waals surface area contributed by atoms with E-state index in [-0.39, 0.29) is 11.8 Å². The molecule has 176 valence electrons. The van der Waals surface area contributed by atoms with Crippen molar-refractivity contribution in [3.63, 3.8) is 0 Å². The summed E-state index contributed by atoms with van der Waals surface area (Å²) in [5.74, 6) is 0.824. The number of imidazole rings is 2. The first kappa shape index (κ1) is 20.5. The monoisotopic (exact) mass is 475 g/mol. The van der Waals surface area contributed by atoms with Crippen molar-refractivity contribution in [3.05, 3.63) is 67.1 Å². The van der Waals surface area contributed by atoms with Crippen molar-refractivity contribution in [2.75, 3.05) is 5.32 Å². The second-order valence-electron chi connectivity index (χ2n) is 9.09. The number of carbonyl (C=O) groups is 1. The Morgan fingerprint density at radius 3 is 2.86 bits per heavy atom. The number of amides is 1. The Morgan fingerprint density at radius 2 is 2.03 bits per heavy atom. The highest BCUT2D eigenvalue weighted by Gasteiger charge is 2.29. The van der Waals surface area contributed by atoms with Crippen LogP contribution in [0.1, 0.15) is 18.5 Å². The lowest BCUT2D eigenvalue weighted by Gasteiger charge is -2.06. The van der Waals surface area contributed by atoms with Crippen LogP contribution < -0.4 is 5.32 Å². The molecule has 0 radical (unpaired) electrons. The average Bonchev–Trinajstić information content (AvgIpc) is 3.30. The van der Waals surface area contributed by atoms with Crippen LogP contribution in [0.3, 0.4) is 0 Å². The summed E-state index contributed by atoms with van der Waals surface area (Å²) >= 11 is 0. The number of hydrogen-bond acceptors (Lipinski definition) is 6. The van der Waals surface area contributed by atoms with Gasteiger partial charge in [0.05, 0.1) is 52.5 Å². The molecule has 0 spiro atoms. The highest BCUT2D eigenvalue weighted by molar-refractivity contribution is 5.96. The molecular weight excluding hydrogens is 454 g/mol. The fourth-order valence-electron chi connectivity index (χ4n) is 4.38. The minimum atomic E-state index is 0.0459. The van der Waals surface area contributed by atoms with Crippen LogP contribution >= 0.6 is 0 Å². The van der Waals surface area contributed by atoms with E-state index in [1.54, 1.807) is 24.9 Å². The number of pyridine rings is 2. The highest BCUT2D eigenvalue weighted by Crippen LogP contribution is 2.32. The average molecular weight is 476 g/mol. The molecule has 5 heterocycles. The zero-order valence-electron chi connectivity index (χ0n) is 19.4. The Hall–Kier alpha value is -4.86. The van der Waals surface area contributed by atoms with Gasteiger partial charge in [-0.1, -0.05) is 6.07 Å². The van der Waals surface area contributed by atoms with Crippen LogP contribution in [0.5, 0.6) is 0 Å². The van der Waals surface area contributed by atoms with Crippen molar-refractivity contribution < 1.29 is 4.79 Å². The van der Waals surface area contributed by atoms with Gasteiger partial charge in [0.15, 0.2) is 5.82 Å². The van der Waals surface area contributed by atoms with Crippen LogP contribution in [0.15, 0.2) is 61.4 Å². The van der Waals surface area contributed by atoms with Crippen molar-refractivity contribution in [1.29, 1.82) is 0 Å². The fraction of sp³-hybridized carbons (Fsp3) is 0.154. The number of carbonyl (C=O) groups excluding carboxylic acids is 1. The minimum Gasteiger partial charge on any atom is -0.336 e. The van der Waals surface area contributed by atoms with Crippen LogP contribution in [-0.4, -0.2) is 45.6 Å². The van der Waals surface area contributed by atoms with Crippen LogP contribution in [0.25, 0.3) is 50.4 Å². The van der Waals surface area contributed by atoms with Crippen LogP contribution in [-0.2, 0) is 4.79 Å². The molecule has 1 aromatic carbocycles. The first-order chi connectivity index (χ1) is 17.6. The van der Waals surface area contributed by atoms with Gasteiger partial charge >= 0.3 is 0 Å². The second kappa shape index (κ2) is 7.84. The van der Waals surface area contributed by atoms with E-state index >= 15 is 0 Å². The van der Waals surface area contributed by atoms with E-state index < -0.39 is 0 Å². The summed E-state index contributed by atoms with van der Waals surface area (Å²) < 4.78 is 1.97. The standard InChI is InChI=1S/C26H21N9O/c1-14-12-35(13-29-14)22-4-2-3-19-24(22)32-25(31-19)23-18-8-20(28-11-21(18)33-34-23)16-7-17(10-27-9-16)30-26(36)15-5-6-15/h2-4,7-13,15H,5-6H2,1H3,(H,30,36)(H,31,32)(H,33,34). The number of H-pyrrole nitrogens is 2. The predicted molar refractivity (Wildman–Crippen MR) is 135 cm³/mol. The van der Waals surface area contributed by atoms with Gasteiger partial charge in [-0.25, -0.2) is 9.97 Å². The van der Waals surface area contributed by atoms with Crippen molar-refractivity contribution in [2.45, 2.75) is 19.8 Å². The number of nitrogens with zero attached hydrogens (tertiary/aromatic N) is 6. The highest BCUT2D eigenvalue weighted by atomic mass is 16.2. The van der Waals surface area contributed by atoms with Gasteiger partial charge < -0.3 is 14.9 Å². The lowest BCUT2D eigenvalue weighted by Crippen LogP contribution is -2.13. The van der Waals surface area contributed by atoms with Crippen molar-refractivity contribution in [3.8, 4) is 28.5 Å². The zero-order chi connectivity index (χ0) is 24.2. The van der Waals surface area contributed by atoms with Gasteiger partial charge in [-0.15, -0.1) is 0 Å². The number of benzene rings is 1. The molecule has 6 aromatic rings. The summed E-state index contributed by atoms with van der Waals surface area (Å²) in [6.07, 6.45) is 10.8. The molecule has 0 aliphatic heterocycles. The first-order valence-corrected chi connectivity index (χ1v) is 11.7.